The van der Waals surface area contributed by atoms with Gasteiger partial charge in [-0.05, 0) is 30.5 Å². The van der Waals surface area contributed by atoms with Crippen LogP contribution in [-0.4, -0.2) is 25.0 Å². The summed E-state index contributed by atoms with van der Waals surface area (Å²) in [5.74, 6) is -0.0886. The zero-order valence-electron chi connectivity index (χ0n) is 10.1. The van der Waals surface area contributed by atoms with Gasteiger partial charge in [-0.2, -0.15) is 13.2 Å². The van der Waals surface area contributed by atoms with Crippen molar-refractivity contribution in [3.63, 3.8) is 0 Å². The highest BCUT2D eigenvalue weighted by Crippen LogP contribution is 2.40. The lowest BCUT2D eigenvalue weighted by atomic mass is 9.90. The number of amides is 1. The summed E-state index contributed by atoms with van der Waals surface area (Å²) in [4.78, 5) is 13.5. The van der Waals surface area contributed by atoms with Crippen molar-refractivity contribution in [2.24, 2.45) is 0 Å². The summed E-state index contributed by atoms with van der Waals surface area (Å²) in [7, 11) is 0. The van der Waals surface area contributed by atoms with Crippen LogP contribution in [0.2, 0.25) is 0 Å². The van der Waals surface area contributed by atoms with Gasteiger partial charge in [-0.25, -0.2) is 0 Å². The highest BCUT2D eigenvalue weighted by Gasteiger charge is 2.40. The van der Waals surface area contributed by atoms with Crippen LogP contribution in [-0.2, 0) is 17.4 Å². The summed E-state index contributed by atoms with van der Waals surface area (Å²) in [6.45, 7) is 1.04. The molecule has 3 rings (SSSR count). The van der Waals surface area contributed by atoms with Crippen molar-refractivity contribution in [3.8, 4) is 0 Å². The Hall–Kier alpha value is -1.72. The Morgan fingerprint density at radius 2 is 2.11 bits per heavy atom. The molecule has 102 valence electrons. The van der Waals surface area contributed by atoms with Crippen molar-refractivity contribution < 1.29 is 18.0 Å². The topological polar surface area (TPSA) is 32.3 Å². The van der Waals surface area contributed by atoms with Gasteiger partial charge >= 0.3 is 6.18 Å². The van der Waals surface area contributed by atoms with E-state index in [2.05, 4.69) is 5.32 Å². The Kier molecular flexibility index (Phi) is 2.69. The maximum absolute atomic E-state index is 13.0. The highest BCUT2D eigenvalue weighted by atomic mass is 19.4. The maximum atomic E-state index is 13.0. The number of rotatable bonds is 0. The molecule has 0 spiro atoms. The SMILES string of the molecule is O=C1NCCN2c3cccc(C(F)(F)F)c3CCC12. The quantitative estimate of drug-likeness (QED) is 0.781. The van der Waals surface area contributed by atoms with E-state index in [1.165, 1.54) is 6.07 Å². The number of halogens is 3. The van der Waals surface area contributed by atoms with E-state index >= 15 is 0 Å². The molecule has 1 fully saturated rings. The maximum Gasteiger partial charge on any atom is 0.416 e. The van der Waals surface area contributed by atoms with E-state index < -0.39 is 11.7 Å². The molecule has 2 aliphatic rings. The van der Waals surface area contributed by atoms with Gasteiger partial charge in [-0.15, -0.1) is 0 Å². The predicted octanol–water partition coefficient (Wildman–Crippen LogP) is 1.96. The van der Waals surface area contributed by atoms with E-state index in [4.69, 9.17) is 0 Å². The van der Waals surface area contributed by atoms with Gasteiger partial charge < -0.3 is 10.2 Å². The lowest BCUT2D eigenvalue weighted by Crippen LogP contribution is -2.57. The van der Waals surface area contributed by atoms with Gasteiger partial charge in [-0.3, -0.25) is 4.79 Å². The Bertz CT molecular complexity index is 527. The number of carbonyl (C=O) groups excluding carboxylic acids is 1. The average molecular weight is 270 g/mol. The van der Waals surface area contributed by atoms with Crippen LogP contribution < -0.4 is 10.2 Å². The third-order valence-corrected chi connectivity index (χ3v) is 3.76. The first-order chi connectivity index (χ1) is 8.98. The Labute approximate surface area is 108 Å². The number of nitrogens with one attached hydrogen (secondary N) is 1. The normalized spacial score (nSPS) is 22.6. The van der Waals surface area contributed by atoms with Crippen LogP contribution in [0.25, 0.3) is 0 Å². The van der Waals surface area contributed by atoms with Gasteiger partial charge in [0.1, 0.15) is 6.04 Å². The molecule has 1 N–H and O–H groups in total. The van der Waals surface area contributed by atoms with Gasteiger partial charge in [0.25, 0.3) is 0 Å². The number of carbonyl (C=O) groups is 1. The largest absolute Gasteiger partial charge is 0.416 e. The van der Waals surface area contributed by atoms with E-state index in [1.54, 1.807) is 11.0 Å². The van der Waals surface area contributed by atoms with Crippen LogP contribution in [0.3, 0.4) is 0 Å². The fourth-order valence-electron chi connectivity index (χ4n) is 2.94. The second-order valence-electron chi connectivity index (χ2n) is 4.84. The molecular weight excluding hydrogens is 257 g/mol. The van der Waals surface area contributed by atoms with Crippen molar-refractivity contribution in [1.82, 2.24) is 5.32 Å². The number of nitrogens with zero attached hydrogens (tertiary/aromatic N) is 1. The number of anilines is 1. The first kappa shape index (κ1) is 12.3. The number of alkyl halides is 3. The fourth-order valence-corrected chi connectivity index (χ4v) is 2.94. The number of hydrogen-bond acceptors (Lipinski definition) is 2. The molecule has 1 aromatic carbocycles. The lowest BCUT2D eigenvalue weighted by molar-refractivity contribution is -0.138. The second-order valence-corrected chi connectivity index (χ2v) is 4.84. The first-order valence-corrected chi connectivity index (χ1v) is 6.22. The summed E-state index contributed by atoms with van der Waals surface area (Å²) in [5.41, 5.74) is 0.302. The van der Waals surface area contributed by atoms with E-state index in [0.717, 1.165) is 6.07 Å². The Balaban J connectivity index is 2.07. The number of piperazine rings is 1. The van der Waals surface area contributed by atoms with Crippen molar-refractivity contribution >= 4 is 11.6 Å². The minimum Gasteiger partial charge on any atom is -0.357 e. The highest BCUT2D eigenvalue weighted by molar-refractivity contribution is 5.87. The monoisotopic (exact) mass is 270 g/mol. The standard InChI is InChI=1S/C13H13F3N2O/c14-13(15,16)9-2-1-3-10-8(9)4-5-11-12(19)17-6-7-18(10)11/h1-3,11H,4-7H2,(H,17,19). The number of fused-ring (bicyclic) bond motifs is 3. The van der Waals surface area contributed by atoms with Crippen LogP contribution in [0.15, 0.2) is 18.2 Å². The van der Waals surface area contributed by atoms with Crippen molar-refractivity contribution in [2.45, 2.75) is 25.1 Å². The van der Waals surface area contributed by atoms with Gasteiger partial charge in [0.15, 0.2) is 0 Å². The second kappa shape index (κ2) is 4.15. The zero-order chi connectivity index (χ0) is 13.6. The van der Waals surface area contributed by atoms with E-state index in [0.29, 0.717) is 37.2 Å². The Morgan fingerprint density at radius 1 is 1.32 bits per heavy atom. The van der Waals surface area contributed by atoms with Crippen molar-refractivity contribution in [2.75, 3.05) is 18.0 Å². The van der Waals surface area contributed by atoms with Gasteiger partial charge in [0.2, 0.25) is 5.91 Å². The molecule has 0 saturated carbocycles. The number of hydrogen-bond donors (Lipinski definition) is 1. The fraction of sp³-hybridized carbons (Fsp3) is 0.462. The molecule has 1 aromatic rings. The first-order valence-electron chi connectivity index (χ1n) is 6.22. The van der Waals surface area contributed by atoms with Crippen molar-refractivity contribution in [1.29, 1.82) is 0 Å². The molecule has 0 aromatic heterocycles. The third kappa shape index (κ3) is 1.95. The van der Waals surface area contributed by atoms with Gasteiger partial charge in [0.05, 0.1) is 5.56 Å². The van der Waals surface area contributed by atoms with Crippen LogP contribution in [0.1, 0.15) is 17.5 Å². The van der Waals surface area contributed by atoms with E-state index in [9.17, 15) is 18.0 Å². The predicted molar refractivity (Wildman–Crippen MR) is 63.9 cm³/mol. The molecule has 1 unspecified atom stereocenters. The van der Waals surface area contributed by atoms with Gasteiger partial charge in [-0.1, -0.05) is 6.07 Å². The molecule has 2 aliphatic heterocycles. The lowest BCUT2D eigenvalue weighted by Gasteiger charge is -2.41. The van der Waals surface area contributed by atoms with E-state index in [1.807, 2.05) is 0 Å². The molecule has 0 aliphatic carbocycles. The molecule has 1 amide bonds. The van der Waals surface area contributed by atoms with Crippen molar-refractivity contribution in [3.05, 3.63) is 29.3 Å². The van der Waals surface area contributed by atoms with Crippen LogP contribution in [0, 0.1) is 0 Å². The summed E-state index contributed by atoms with van der Waals surface area (Å²) in [5, 5.41) is 2.75. The summed E-state index contributed by atoms with van der Waals surface area (Å²) in [6, 6.07) is 3.87. The molecule has 2 heterocycles. The average Bonchev–Trinajstić information content (AvgIpc) is 2.37. The molecule has 1 saturated heterocycles. The molecule has 0 bridgehead atoms. The van der Waals surface area contributed by atoms with Crippen LogP contribution in [0.4, 0.5) is 18.9 Å². The Morgan fingerprint density at radius 3 is 2.84 bits per heavy atom. The summed E-state index contributed by atoms with van der Waals surface area (Å²) < 4.78 is 38.9. The third-order valence-electron chi connectivity index (χ3n) is 3.76. The molecule has 0 radical (unpaired) electrons. The van der Waals surface area contributed by atoms with E-state index in [-0.39, 0.29) is 11.9 Å². The minimum atomic E-state index is -4.34. The molecule has 3 nitrogen and oxygen atoms in total. The summed E-state index contributed by atoms with van der Waals surface area (Å²) in [6.07, 6.45) is -3.61. The number of benzene rings is 1. The summed E-state index contributed by atoms with van der Waals surface area (Å²) >= 11 is 0. The molecule has 1 atom stereocenters. The zero-order valence-corrected chi connectivity index (χ0v) is 10.1. The van der Waals surface area contributed by atoms with Gasteiger partial charge in [0, 0.05) is 18.8 Å². The van der Waals surface area contributed by atoms with Crippen LogP contribution >= 0.6 is 0 Å². The molecule has 19 heavy (non-hydrogen) atoms. The molecule has 6 heteroatoms. The molecular formula is C13H13F3N2O. The minimum absolute atomic E-state index is 0.0886. The smallest absolute Gasteiger partial charge is 0.357 e. The van der Waals surface area contributed by atoms with Crippen LogP contribution in [0.5, 0.6) is 0 Å².